The number of para-hydroxylation sites is 4. The van der Waals surface area contributed by atoms with Crippen molar-refractivity contribution >= 4 is 43.6 Å². The number of hydrogen-bond acceptors (Lipinski definition) is 0. The van der Waals surface area contributed by atoms with E-state index in [2.05, 4.69) is 182 Å². The lowest BCUT2D eigenvalue weighted by Crippen LogP contribution is -2.26. The second kappa shape index (κ2) is 9.43. The summed E-state index contributed by atoms with van der Waals surface area (Å²) in [5.74, 6) is 0. The molecule has 238 valence electrons. The lowest BCUT2D eigenvalue weighted by molar-refractivity contribution is 0.630. The minimum atomic E-state index is -0.138. The van der Waals surface area contributed by atoms with E-state index in [9.17, 15) is 0 Å². The Kier molecular flexibility index (Phi) is 5.28. The van der Waals surface area contributed by atoms with E-state index in [0.29, 0.717) is 0 Å². The van der Waals surface area contributed by atoms with Crippen LogP contribution >= 0.6 is 0 Å². The van der Waals surface area contributed by atoms with Crippen LogP contribution in [-0.2, 0) is 10.8 Å². The molecule has 0 bridgehead atoms. The molecule has 0 unspecified atom stereocenters. The van der Waals surface area contributed by atoms with E-state index < -0.39 is 0 Å². The van der Waals surface area contributed by atoms with Crippen LogP contribution in [0.5, 0.6) is 0 Å². The van der Waals surface area contributed by atoms with Crippen LogP contribution in [-0.4, -0.2) is 9.13 Å². The Labute approximate surface area is 291 Å². The van der Waals surface area contributed by atoms with Crippen molar-refractivity contribution in [1.82, 2.24) is 9.13 Å². The number of rotatable bonds is 2. The minimum Gasteiger partial charge on any atom is -0.309 e. The Balaban J connectivity index is 1.06. The van der Waals surface area contributed by atoms with Crippen LogP contribution in [0.1, 0.15) is 49.9 Å². The van der Waals surface area contributed by atoms with Gasteiger partial charge in [0.25, 0.3) is 0 Å². The quantitative estimate of drug-likeness (QED) is 0.178. The zero-order valence-corrected chi connectivity index (χ0v) is 28.8. The van der Waals surface area contributed by atoms with Gasteiger partial charge in [-0.1, -0.05) is 131 Å². The summed E-state index contributed by atoms with van der Waals surface area (Å²) in [6.07, 6.45) is 0. The first kappa shape index (κ1) is 28.0. The van der Waals surface area contributed by atoms with Crippen LogP contribution in [0.2, 0.25) is 0 Å². The van der Waals surface area contributed by atoms with E-state index in [1.807, 2.05) is 0 Å². The van der Waals surface area contributed by atoms with E-state index in [0.717, 1.165) is 0 Å². The molecule has 0 saturated carbocycles. The third kappa shape index (κ3) is 3.43. The molecule has 2 aromatic heterocycles. The first-order valence-electron chi connectivity index (χ1n) is 17.8. The summed E-state index contributed by atoms with van der Waals surface area (Å²) in [5.41, 5.74) is 18.0. The van der Waals surface area contributed by atoms with Gasteiger partial charge >= 0.3 is 0 Å². The van der Waals surface area contributed by atoms with E-state index in [1.165, 1.54) is 99.5 Å². The predicted octanol–water partition coefficient (Wildman–Crippen LogP) is 12.5. The number of nitrogens with zero attached hydrogens (tertiary/aromatic N) is 2. The van der Waals surface area contributed by atoms with Crippen molar-refractivity contribution in [1.29, 1.82) is 0 Å². The van der Waals surface area contributed by atoms with E-state index in [4.69, 9.17) is 0 Å². The zero-order valence-electron chi connectivity index (χ0n) is 28.8. The molecular weight excluding hydrogens is 605 g/mol. The fourth-order valence-electron chi connectivity index (χ4n) is 9.54. The fraction of sp³-hybridized carbons (Fsp3) is 0.125. The molecule has 0 saturated heterocycles. The molecular formula is C48H36N2. The third-order valence-electron chi connectivity index (χ3n) is 12.1. The second-order valence-electron chi connectivity index (χ2n) is 15.4. The summed E-state index contributed by atoms with van der Waals surface area (Å²) in [5, 5.41) is 5.30. The Morgan fingerprint density at radius 2 is 0.740 bits per heavy atom. The maximum atomic E-state index is 2.50. The molecule has 0 fully saturated rings. The monoisotopic (exact) mass is 640 g/mol. The van der Waals surface area contributed by atoms with Gasteiger partial charge in [-0.05, 0) is 87.0 Å². The van der Waals surface area contributed by atoms with Crippen LogP contribution in [0.25, 0.3) is 77.2 Å². The van der Waals surface area contributed by atoms with Crippen molar-refractivity contribution in [3.05, 3.63) is 168 Å². The van der Waals surface area contributed by atoms with Crippen molar-refractivity contribution in [2.45, 2.75) is 38.5 Å². The minimum absolute atomic E-state index is 0.138. The van der Waals surface area contributed by atoms with Crippen molar-refractivity contribution in [3.8, 4) is 33.6 Å². The van der Waals surface area contributed by atoms with Gasteiger partial charge in [0.05, 0.1) is 33.4 Å². The molecule has 50 heavy (non-hydrogen) atoms. The fourth-order valence-corrected chi connectivity index (χ4v) is 9.54. The summed E-state index contributed by atoms with van der Waals surface area (Å²) in [7, 11) is 0. The Bertz CT molecular complexity index is 2730. The van der Waals surface area contributed by atoms with Crippen LogP contribution in [0.15, 0.2) is 146 Å². The zero-order chi connectivity index (χ0) is 33.5. The molecule has 2 aliphatic rings. The smallest absolute Gasteiger partial charge is 0.0582 e. The second-order valence-corrected chi connectivity index (χ2v) is 15.4. The molecule has 0 N–H and O–H groups in total. The Morgan fingerprint density at radius 3 is 1.22 bits per heavy atom. The van der Waals surface area contributed by atoms with Crippen LogP contribution in [0, 0.1) is 0 Å². The van der Waals surface area contributed by atoms with Crippen LogP contribution in [0.4, 0.5) is 0 Å². The molecule has 4 heterocycles. The normalized spacial score (nSPS) is 15.1. The van der Waals surface area contributed by atoms with Gasteiger partial charge in [0.2, 0.25) is 0 Å². The molecule has 2 nitrogen and oxygen atoms in total. The third-order valence-corrected chi connectivity index (χ3v) is 12.1. The molecule has 11 rings (SSSR count). The van der Waals surface area contributed by atoms with Crippen LogP contribution in [0.3, 0.4) is 0 Å². The van der Waals surface area contributed by atoms with Crippen molar-refractivity contribution in [2.24, 2.45) is 0 Å². The number of aromatic nitrogens is 2. The van der Waals surface area contributed by atoms with Gasteiger partial charge in [0.15, 0.2) is 0 Å². The van der Waals surface area contributed by atoms with E-state index in [1.54, 1.807) is 0 Å². The van der Waals surface area contributed by atoms with Gasteiger partial charge in [-0.2, -0.15) is 0 Å². The summed E-state index contributed by atoms with van der Waals surface area (Å²) in [6.45, 7) is 9.54. The molecule has 0 amide bonds. The number of hydrogen-bond donors (Lipinski definition) is 0. The number of fused-ring (bicyclic) bond motifs is 10. The maximum absolute atomic E-state index is 2.50. The SMILES string of the molecule is CC1(C)c2cc(-c3cccc(-c4ccc5c(c4)C(C)(C)c4cccc6c7ccccc7n-5c46)c3)ccc2-n2c3ccccc3c3cccc1c32. The van der Waals surface area contributed by atoms with Crippen molar-refractivity contribution < 1.29 is 0 Å². The highest BCUT2D eigenvalue weighted by atomic mass is 15.0. The largest absolute Gasteiger partial charge is 0.309 e. The summed E-state index contributed by atoms with van der Waals surface area (Å²) in [6, 6.07) is 54.7. The molecule has 7 aromatic carbocycles. The maximum Gasteiger partial charge on any atom is 0.0582 e. The van der Waals surface area contributed by atoms with Gasteiger partial charge in [-0.3, -0.25) is 0 Å². The van der Waals surface area contributed by atoms with Crippen molar-refractivity contribution in [2.75, 3.05) is 0 Å². The first-order valence-corrected chi connectivity index (χ1v) is 17.8. The van der Waals surface area contributed by atoms with E-state index in [-0.39, 0.29) is 10.8 Å². The standard InChI is InChI=1S/C48H36N2/c1-47(2)37-18-10-16-35-33-14-5-7-20-41(33)49(45(35)37)43-24-22-31(27-39(43)47)29-12-9-13-30(26-29)32-23-25-44-40(28-32)48(3,4)38-19-11-17-36-34-15-6-8-21-42(34)50(44)46(36)38/h5-28H,1-4H3. The van der Waals surface area contributed by atoms with Gasteiger partial charge < -0.3 is 9.13 Å². The van der Waals surface area contributed by atoms with Gasteiger partial charge in [0.1, 0.15) is 0 Å². The molecule has 0 atom stereocenters. The highest BCUT2D eigenvalue weighted by Gasteiger charge is 2.36. The highest BCUT2D eigenvalue weighted by molar-refractivity contribution is 6.12. The Morgan fingerprint density at radius 1 is 0.340 bits per heavy atom. The lowest BCUT2D eigenvalue weighted by Gasteiger charge is -2.35. The average Bonchev–Trinajstić information content (AvgIpc) is 3.67. The Hall–Kier alpha value is -5.86. The molecule has 0 spiro atoms. The molecule has 0 aliphatic carbocycles. The van der Waals surface area contributed by atoms with Gasteiger partial charge in [0, 0.05) is 32.4 Å². The summed E-state index contributed by atoms with van der Waals surface area (Å²) >= 11 is 0. The molecule has 2 aliphatic heterocycles. The van der Waals surface area contributed by atoms with E-state index >= 15 is 0 Å². The summed E-state index contributed by atoms with van der Waals surface area (Å²) in [4.78, 5) is 0. The first-order chi connectivity index (χ1) is 24.3. The highest BCUT2D eigenvalue weighted by Crippen LogP contribution is 2.50. The van der Waals surface area contributed by atoms with Crippen molar-refractivity contribution in [3.63, 3.8) is 0 Å². The number of benzene rings is 7. The topological polar surface area (TPSA) is 9.86 Å². The lowest BCUT2D eigenvalue weighted by atomic mass is 9.73. The summed E-state index contributed by atoms with van der Waals surface area (Å²) < 4.78 is 4.99. The predicted molar refractivity (Wildman–Crippen MR) is 210 cm³/mol. The van der Waals surface area contributed by atoms with Gasteiger partial charge in [-0.25, -0.2) is 0 Å². The molecule has 0 radical (unpaired) electrons. The molecule has 9 aromatic rings. The molecule has 2 heteroatoms. The van der Waals surface area contributed by atoms with Crippen LogP contribution < -0.4 is 0 Å². The average molecular weight is 641 g/mol. The van der Waals surface area contributed by atoms with Gasteiger partial charge in [-0.15, -0.1) is 0 Å².